The van der Waals surface area contributed by atoms with Crippen molar-refractivity contribution < 1.29 is 19.8 Å². The Balaban J connectivity index is 1.78. The van der Waals surface area contributed by atoms with Crippen LogP contribution in [0.15, 0.2) is 78.9 Å². The molecule has 0 atom stereocenters. The highest BCUT2D eigenvalue weighted by molar-refractivity contribution is 6.17. The van der Waals surface area contributed by atoms with E-state index in [4.69, 9.17) is 0 Å². The highest BCUT2D eigenvalue weighted by Gasteiger charge is 2.26. The first-order valence-corrected chi connectivity index (χ1v) is 9.93. The second-order valence-electron chi connectivity index (χ2n) is 7.37. The number of carbonyl (C=O) groups is 2. The molecule has 0 saturated heterocycles. The first-order valence-electron chi connectivity index (χ1n) is 9.93. The first-order chi connectivity index (χ1) is 15.5. The molecule has 0 saturated carbocycles. The van der Waals surface area contributed by atoms with Gasteiger partial charge in [-0.3, -0.25) is 9.36 Å². The fourth-order valence-corrected chi connectivity index (χ4v) is 3.73. The molecule has 0 bridgehead atoms. The van der Waals surface area contributed by atoms with Crippen LogP contribution in [0.5, 0.6) is 5.88 Å². The van der Waals surface area contributed by atoms with Crippen molar-refractivity contribution in [2.45, 2.75) is 6.54 Å². The number of fused-ring (bicyclic) bond motifs is 2. The zero-order chi connectivity index (χ0) is 22.2. The number of hydrogen-bond acceptors (Lipinski definition) is 5. The van der Waals surface area contributed by atoms with Crippen molar-refractivity contribution in [3.63, 3.8) is 0 Å². The number of aromatic hydroxyl groups is 1. The molecule has 0 radical (unpaired) electrons. The molecule has 5 rings (SSSR count). The molecular formula is C25H17N3O4. The minimum absolute atomic E-state index is 0.0684. The van der Waals surface area contributed by atoms with E-state index in [9.17, 15) is 19.8 Å². The molecular weight excluding hydrogens is 406 g/mol. The van der Waals surface area contributed by atoms with Gasteiger partial charge >= 0.3 is 5.97 Å². The average Bonchev–Trinajstić information content (AvgIpc) is 3.08. The highest BCUT2D eigenvalue weighted by Crippen LogP contribution is 2.33. The summed E-state index contributed by atoms with van der Waals surface area (Å²) in [6.45, 7) is 0.268. The molecule has 2 N–H and O–H groups in total. The van der Waals surface area contributed by atoms with Crippen LogP contribution in [0.1, 0.15) is 31.8 Å². The molecule has 3 aromatic carbocycles. The van der Waals surface area contributed by atoms with Crippen LogP contribution in [0.25, 0.3) is 22.2 Å². The van der Waals surface area contributed by atoms with Gasteiger partial charge in [0.25, 0.3) is 0 Å². The normalized spacial score (nSPS) is 11.1. The maximum atomic E-state index is 13.3. The van der Waals surface area contributed by atoms with Crippen LogP contribution in [0.2, 0.25) is 0 Å². The van der Waals surface area contributed by atoms with Crippen molar-refractivity contribution in [2.24, 2.45) is 0 Å². The predicted molar refractivity (Wildman–Crippen MR) is 119 cm³/mol. The van der Waals surface area contributed by atoms with E-state index in [2.05, 4.69) is 9.97 Å². The van der Waals surface area contributed by atoms with Gasteiger partial charge in [-0.25, -0.2) is 14.8 Å². The molecule has 0 amide bonds. The van der Waals surface area contributed by atoms with E-state index in [0.29, 0.717) is 22.2 Å². The minimum atomic E-state index is -1.07. The third-order valence-corrected chi connectivity index (χ3v) is 5.31. The lowest BCUT2D eigenvalue weighted by molar-refractivity contribution is 0.0696. The molecule has 0 aliphatic carbocycles. The van der Waals surface area contributed by atoms with E-state index in [-0.39, 0.29) is 34.9 Å². The smallest absolute Gasteiger partial charge is 0.335 e. The van der Waals surface area contributed by atoms with Gasteiger partial charge in [-0.05, 0) is 23.8 Å². The molecule has 5 aromatic rings. The molecule has 0 aliphatic rings. The van der Waals surface area contributed by atoms with E-state index in [1.807, 2.05) is 36.4 Å². The summed E-state index contributed by atoms with van der Waals surface area (Å²) in [7, 11) is 0. The number of nitrogens with zero attached hydrogens (tertiary/aromatic N) is 3. The molecule has 0 fully saturated rings. The topological polar surface area (TPSA) is 105 Å². The van der Waals surface area contributed by atoms with Gasteiger partial charge in [0.2, 0.25) is 11.7 Å². The zero-order valence-corrected chi connectivity index (χ0v) is 16.8. The number of carbonyl (C=O) groups excluding carboxylic acids is 1. The van der Waals surface area contributed by atoms with Crippen molar-refractivity contribution in [3.05, 3.63) is 101 Å². The summed E-state index contributed by atoms with van der Waals surface area (Å²) in [5.74, 6) is -1.67. The third-order valence-electron chi connectivity index (χ3n) is 5.31. The fraction of sp³-hybridized carbons (Fsp3) is 0.0400. The van der Waals surface area contributed by atoms with Gasteiger partial charge in [0, 0.05) is 5.56 Å². The monoisotopic (exact) mass is 423 g/mol. The number of benzene rings is 3. The largest absolute Gasteiger partial charge is 0.494 e. The van der Waals surface area contributed by atoms with Crippen molar-refractivity contribution in [2.75, 3.05) is 0 Å². The van der Waals surface area contributed by atoms with Crippen LogP contribution < -0.4 is 0 Å². The molecule has 0 unspecified atom stereocenters. The Bertz CT molecular complexity index is 1490. The first kappa shape index (κ1) is 19.4. The van der Waals surface area contributed by atoms with Crippen molar-refractivity contribution >= 4 is 33.9 Å². The second-order valence-corrected chi connectivity index (χ2v) is 7.37. The minimum Gasteiger partial charge on any atom is -0.494 e. The Labute approximate surface area is 182 Å². The predicted octanol–water partition coefficient (Wildman–Crippen LogP) is 4.27. The number of carboxylic acid groups (broad SMARTS) is 1. The Kier molecular flexibility index (Phi) is 4.63. The third kappa shape index (κ3) is 3.26. The summed E-state index contributed by atoms with van der Waals surface area (Å²) in [4.78, 5) is 33.9. The van der Waals surface area contributed by atoms with Gasteiger partial charge in [0.05, 0.1) is 23.1 Å². The lowest BCUT2D eigenvalue weighted by atomic mass is 10.0. The van der Waals surface area contributed by atoms with Crippen LogP contribution in [-0.4, -0.2) is 36.5 Å². The maximum absolute atomic E-state index is 13.3. The van der Waals surface area contributed by atoms with Gasteiger partial charge in [-0.2, -0.15) is 0 Å². The number of aromatic carboxylic acids is 1. The highest BCUT2D eigenvalue weighted by atomic mass is 16.4. The number of hydrogen-bond donors (Lipinski definition) is 2. The zero-order valence-electron chi connectivity index (χ0n) is 16.8. The number of carboxylic acids is 1. The molecule has 156 valence electrons. The molecule has 7 nitrogen and oxygen atoms in total. The summed E-state index contributed by atoms with van der Waals surface area (Å²) >= 11 is 0. The SMILES string of the molecule is O=C(O)c1ccc2nc3c(C(=O)c4ccccc4)c(O)n(Cc4ccccc4)c3nc2c1. The van der Waals surface area contributed by atoms with Gasteiger partial charge in [0.15, 0.2) is 5.65 Å². The number of aromatic nitrogens is 3. The molecule has 7 heteroatoms. The lowest BCUT2D eigenvalue weighted by Gasteiger charge is -2.07. The van der Waals surface area contributed by atoms with E-state index in [1.54, 1.807) is 30.3 Å². The summed E-state index contributed by atoms with van der Waals surface area (Å²) in [6, 6.07) is 22.5. The average molecular weight is 423 g/mol. The van der Waals surface area contributed by atoms with Crippen molar-refractivity contribution in [1.29, 1.82) is 0 Å². The lowest BCUT2D eigenvalue weighted by Crippen LogP contribution is -2.03. The van der Waals surface area contributed by atoms with E-state index >= 15 is 0 Å². The quantitative estimate of drug-likeness (QED) is 0.409. The number of rotatable bonds is 5. The summed E-state index contributed by atoms with van der Waals surface area (Å²) in [6.07, 6.45) is 0. The van der Waals surface area contributed by atoms with Crippen LogP contribution in [0.3, 0.4) is 0 Å². The van der Waals surface area contributed by atoms with Crippen LogP contribution in [0, 0.1) is 0 Å². The van der Waals surface area contributed by atoms with Gasteiger partial charge in [0.1, 0.15) is 11.1 Å². The van der Waals surface area contributed by atoms with E-state index < -0.39 is 5.97 Å². The van der Waals surface area contributed by atoms with E-state index in [0.717, 1.165) is 5.56 Å². The summed E-state index contributed by atoms with van der Waals surface area (Å²) in [5.41, 5.74) is 2.84. The van der Waals surface area contributed by atoms with Gasteiger partial charge in [-0.1, -0.05) is 60.7 Å². The van der Waals surface area contributed by atoms with Crippen LogP contribution >= 0.6 is 0 Å². The fourth-order valence-electron chi connectivity index (χ4n) is 3.73. The summed E-state index contributed by atoms with van der Waals surface area (Å²) < 4.78 is 1.53. The number of ketones is 1. The molecule has 0 spiro atoms. The Morgan fingerprint density at radius 3 is 2.19 bits per heavy atom. The molecule has 0 aliphatic heterocycles. The Morgan fingerprint density at radius 2 is 1.50 bits per heavy atom. The maximum Gasteiger partial charge on any atom is 0.335 e. The Morgan fingerprint density at radius 1 is 0.812 bits per heavy atom. The van der Waals surface area contributed by atoms with E-state index in [1.165, 1.54) is 16.7 Å². The van der Waals surface area contributed by atoms with Gasteiger partial charge < -0.3 is 10.2 Å². The molecule has 2 aromatic heterocycles. The molecule has 2 heterocycles. The van der Waals surface area contributed by atoms with Crippen molar-refractivity contribution in [3.8, 4) is 5.88 Å². The Hall–Kier alpha value is -4.52. The van der Waals surface area contributed by atoms with Crippen LogP contribution in [0.4, 0.5) is 0 Å². The van der Waals surface area contributed by atoms with Gasteiger partial charge in [-0.15, -0.1) is 0 Å². The van der Waals surface area contributed by atoms with Crippen LogP contribution in [-0.2, 0) is 6.54 Å². The standard InChI is InChI=1S/C25H17N3O4/c29-22(16-9-5-2-6-10-16)20-21-23(28(24(20)30)14-15-7-3-1-4-8-15)27-19-13-17(25(31)32)11-12-18(19)26-21/h1-13,30H,14H2,(H,31,32). The summed E-state index contributed by atoms with van der Waals surface area (Å²) in [5, 5.41) is 20.4. The van der Waals surface area contributed by atoms with Crippen molar-refractivity contribution in [1.82, 2.24) is 14.5 Å². The second kappa shape index (κ2) is 7.63. The molecule has 32 heavy (non-hydrogen) atoms.